The lowest BCUT2D eigenvalue weighted by Gasteiger charge is -2.39. The van der Waals surface area contributed by atoms with E-state index in [-0.39, 0.29) is 46.9 Å². The zero-order valence-corrected chi connectivity index (χ0v) is 39.1. The molecular formula is C54H54F6N2O3S2. The summed E-state index contributed by atoms with van der Waals surface area (Å²) in [6.07, 6.45) is 4.89. The molecule has 0 unspecified atom stereocenters. The summed E-state index contributed by atoms with van der Waals surface area (Å²) in [5, 5.41) is 5.52. The lowest BCUT2D eigenvalue weighted by Crippen LogP contribution is -2.31. The fourth-order valence-electron chi connectivity index (χ4n) is 8.52. The Hall–Kier alpha value is -5.50. The van der Waals surface area contributed by atoms with Crippen LogP contribution in [0.3, 0.4) is 0 Å². The van der Waals surface area contributed by atoms with E-state index < -0.39 is 44.4 Å². The number of carbonyl (C=O) groups is 2. The van der Waals surface area contributed by atoms with E-state index in [4.69, 9.17) is 3.63 Å². The van der Waals surface area contributed by atoms with Gasteiger partial charge in [0.05, 0.1) is 0 Å². The topological polar surface area (TPSA) is 67.4 Å². The van der Waals surface area contributed by atoms with E-state index in [0.717, 1.165) is 36.2 Å². The quantitative estimate of drug-likeness (QED) is 0.0208. The van der Waals surface area contributed by atoms with Crippen LogP contribution in [0.5, 0.6) is 0 Å². The van der Waals surface area contributed by atoms with Gasteiger partial charge in [-0.1, -0.05) is 147 Å². The van der Waals surface area contributed by atoms with Crippen LogP contribution in [0.1, 0.15) is 110 Å². The third-order valence-electron chi connectivity index (χ3n) is 11.8. The molecule has 0 atom stereocenters. The SMILES string of the molecule is CC(=O)NCCCCCCc1c(C(SOSC(c2ccccc2)(c2ccccc2)c2cc(F)c(F)c(F)c2CCCCCCNC(C)=O)(c2ccccc2)c2ccccc2)cc(F)c(F)c1F. The molecule has 0 aliphatic rings. The Balaban J connectivity index is 1.50. The van der Waals surface area contributed by atoms with Gasteiger partial charge >= 0.3 is 0 Å². The average molecular weight is 957 g/mol. The van der Waals surface area contributed by atoms with Crippen molar-refractivity contribution in [3.05, 3.63) is 213 Å². The molecule has 5 nitrogen and oxygen atoms in total. The zero-order valence-electron chi connectivity index (χ0n) is 37.5. The van der Waals surface area contributed by atoms with E-state index in [1.165, 1.54) is 13.8 Å². The molecule has 0 fully saturated rings. The fourth-order valence-corrected chi connectivity index (χ4v) is 10.9. The lowest BCUT2D eigenvalue weighted by atomic mass is 9.80. The highest BCUT2D eigenvalue weighted by Crippen LogP contribution is 2.57. The molecular weight excluding hydrogens is 903 g/mol. The maximum absolute atomic E-state index is 16.5. The molecule has 0 bridgehead atoms. The number of rotatable bonds is 24. The number of unbranched alkanes of at least 4 members (excludes halogenated alkanes) is 6. The van der Waals surface area contributed by atoms with Gasteiger partial charge < -0.3 is 10.6 Å². The standard InChI is InChI=1S/C54H54F6N2O3S2/c1-37(63)61-33-21-5-3-19-31-43-45(35-47(55)51(59)49(43)57)53(39-23-11-7-12-24-39,40-25-13-8-14-26-40)66-65-67-54(41-27-15-9-16-28-41,42-29-17-10-18-30-42)46-36-48(56)52(60)50(58)44(46)32-20-4-6-22-34-62-38(2)64/h7-18,23-30,35-36H,3-6,19-22,31-34H2,1-2H3,(H,61,63)(H,62,64). The first-order valence-electron chi connectivity index (χ1n) is 22.5. The van der Waals surface area contributed by atoms with Crippen molar-refractivity contribution in [1.82, 2.24) is 10.6 Å². The van der Waals surface area contributed by atoms with Crippen LogP contribution >= 0.6 is 24.1 Å². The molecule has 6 rings (SSSR count). The molecule has 2 N–H and O–H groups in total. The van der Waals surface area contributed by atoms with Crippen LogP contribution in [0.15, 0.2) is 133 Å². The summed E-state index contributed by atoms with van der Waals surface area (Å²) in [5.41, 5.74) is 2.27. The average Bonchev–Trinajstić information content (AvgIpc) is 3.34. The number of nitrogens with one attached hydrogen (secondary N) is 2. The monoisotopic (exact) mass is 956 g/mol. The highest BCUT2D eigenvalue weighted by atomic mass is 32.2. The smallest absolute Gasteiger partial charge is 0.216 e. The van der Waals surface area contributed by atoms with Crippen LogP contribution in [0.4, 0.5) is 26.3 Å². The minimum atomic E-state index is -1.60. The molecule has 0 radical (unpaired) electrons. The van der Waals surface area contributed by atoms with Gasteiger partial charge in [-0.2, -0.15) is 0 Å². The molecule has 0 spiro atoms. The van der Waals surface area contributed by atoms with E-state index in [0.29, 0.717) is 86.7 Å². The summed E-state index contributed by atoms with van der Waals surface area (Å²) in [5.74, 6) is -8.92. The zero-order chi connectivity index (χ0) is 47.8. The Kier molecular flexibility index (Phi) is 18.6. The van der Waals surface area contributed by atoms with Gasteiger partial charge in [0.1, 0.15) is 9.49 Å². The third kappa shape index (κ3) is 12.2. The van der Waals surface area contributed by atoms with Crippen molar-refractivity contribution in [1.29, 1.82) is 0 Å². The molecule has 0 saturated heterocycles. The molecule has 2 amide bonds. The predicted molar refractivity (Wildman–Crippen MR) is 256 cm³/mol. The number of hydrogen-bond acceptors (Lipinski definition) is 5. The van der Waals surface area contributed by atoms with Crippen LogP contribution in [0.2, 0.25) is 0 Å². The number of amides is 2. The molecule has 0 aliphatic heterocycles. The summed E-state index contributed by atoms with van der Waals surface area (Å²) >= 11 is 1.71. The van der Waals surface area contributed by atoms with Crippen LogP contribution in [-0.2, 0) is 35.6 Å². The van der Waals surface area contributed by atoms with Gasteiger partial charge in [-0.05, 0) is 95.2 Å². The number of halogens is 6. The maximum atomic E-state index is 16.5. The van der Waals surface area contributed by atoms with Crippen molar-refractivity contribution in [2.75, 3.05) is 13.1 Å². The maximum Gasteiger partial charge on any atom is 0.216 e. The first kappa shape index (κ1) is 50.9. The van der Waals surface area contributed by atoms with Gasteiger partial charge in [-0.15, -0.1) is 0 Å². The Morgan fingerprint density at radius 3 is 1.04 bits per heavy atom. The molecule has 67 heavy (non-hydrogen) atoms. The second-order valence-corrected chi connectivity index (χ2v) is 18.5. The van der Waals surface area contributed by atoms with Gasteiger partial charge in [-0.25, -0.2) is 30.0 Å². The largest absolute Gasteiger partial charge is 0.356 e. The lowest BCUT2D eigenvalue weighted by molar-refractivity contribution is -0.119. The molecule has 6 aromatic carbocycles. The Labute approximate surface area is 397 Å². The van der Waals surface area contributed by atoms with Crippen molar-refractivity contribution in [2.24, 2.45) is 0 Å². The first-order valence-corrected chi connectivity index (χ1v) is 24.0. The van der Waals surface area contributed by atoms with Crippen molar-refractivity contribution in [2.45, 2.75) is 87.5 Å². The van der Waals surface area contributed by atoms with Gasteiger partial charge in [-0.3, -0.25) is 9.59 Å². The van der Waals surface area contributed by atoms with E-state index in [1.54, 1.807) is 121 Å². The Bertz CT molecular complexity index is 2300. The van der Waals surface area contributed by atoms with Crippen LogP contribution in [0, 0.1) is 34.9 Å². The summed E-state index contributed by atoms with van der Waals surface area (Å²) in [4.78, 5) is 22.8. The highest BCUT2D eigenvalue weighted by Gasteiger charge is 2.46. The fraction of sp³-hybridized carbons (Fsp3) is 0.296. The van der Waals surface area contributed by atoms with Crippen LogP contribution in [-0.4, -0.2) is 24.9 Å². The predicted octanol–water partition coefficient (Wildman–Crippen LogP) is 13.6. The molecule has 352 valence electrons. The van der Waals surface area contributed by atoms with Crippen molar-refractivity contribution in [3.63, 3.8) is 0 Å². The van der Waals surface area contributed by atoms with Gasteiger partial charge in [0.15, 0.2) is 34.9 Å². The van der Waals surface area contributed by atoms with Crippen molar-refractivity contribution < 1.29 is 39.6 Å². The molecule has 6 aromatic rings. The van der Waals surface area contributed by atoms with E-state index in [2.05, 4.69) is 10.6 Å². The Morgan fingerprint density at radius 2 is 0.746 bits per heavy atom. The van der Waals surface area contributed by atoms with E-state index in [1.807, 2.05) is 0 Å². The minimum absolute atomic E-state index is 0.0380. The second-order valence-electron chi connectivity index (χ2n) is 16.4. The van der Waals surface area contributed by atoms with Gasteiger partial charge in [0, 0.05) is 51.0 Å². The second kappa shape index (κ2) is 24.5. The van der Waals surface area contributed by atoms with E-state index in [9.17, 15) is 9.59 Å². The van der Waals surface area contributed by atoms with Gasteiger partial charge in [0.25, 0.3) is 0 Å². The first-order chi connectivity index (χ1) is 32.4. The minimum Gasteiger partial charge on any atom is -0.356 e. The van der Waals surface area contributed by atoms with Crippen LogP contribution < -0.4 is 10.6 Å². The Morgan fingerprint density at radius 1 is 0.448 bits per heavy atom. The number of benzene rings is 6. The summed E-state index contributed by atoms with van der Waals surface area (Å²) in [7, 11) is 0. The molecule has 0 saturated carbocycles. The summed E-state index contributed by atoms with van der Waals surface area (Å²) in [6.45, 7) is 3.82. The number of carbonyl (C=O) groups excluding carboxylic acids is 2. The normalized spacial score (nSPS) is 11.7. The third-order valence-corrected chi connectivity index (χ3v) is 14.2. The van der Waals surface area contributed by atoms with Crippen molar-refractivity contribution >= 4 is 35.9 Å². The molecule has 0 aliphatic carbocycles. The summed E-state index contributed by atoms with van der Waals surface area (Å²) < 4.78 is 99.5. The molecule has 13 heteroatoms. The van der Waals surface area contributed by atoms with Crippen LogP contribution in [0.25, 0.3) is 0 Å². The summed E-state index contributed by atoms with van der Waals surface area (Å²) in [6, 6.07) is 37.8. The number of hydrogen-bond donors (Lipinski definition) is 2. The highest BCUT2D eigenvalue weighted by molar-refractivity contribution is 8.09. The van der Waals surface area contributed by atoms with Gasteiger partial charge in [0.2, 0.25) is 11.8 Å². The van der Waals surface area contributed by atoms with Crippen molar-refractivity contribution in [3.8, 4) is 0 Å². The molecule has 0 aromatic heterocycles. The molecule has 0 heterocycles. The van der Waals surface area contributed by atoms with E-state index >= 15 is 26.3 Å².